The zero-order valence-electron chi connectivity index (χ0n) is 18.9. The zero-order chi connectivity index (χ0) is 24.8. The summed E-state index contributed by atoms with van der Waals surface area (Å²) in [6, 6.07) is 26.1. The van der Waals surface area contributed by atoms with Crippen molar-refractivity contribution in [1.82, 2.24) is 5.32 Å². The first-order valence-electron chi connectivity index (χ1n) is 10.9. The molecule has 0 aliphatic carbocycles. The highest BCUT2D eigenvalue weighted by Gasteiger charge is 2.34. The second-order valence-corrected chi connectivity index (χ2v) is 8.89. The standard InChI is InChI=1S/C28H22FN3O2S/c1-18-25(27(34)32-22-10-6-3-7-11-22)26(20-8-4-2-5-9-20)23(16-30)28(31-18)35-17-24(33)19-12-14-21(29)15-13-19/h2-15,26,31H,17H2,1H3,(H,32,34)/t26-/m1/s1. The second kappa shape index (κ2) is 10.9. The van der Waals surface area contributed by atoms with Crippen LogP contribution in [0.2, 0.25) is 0 Å². The van der Waals surface area contributed by atoms with Gasteiger partial charge in [0.05, 0.1) is 28.3 Å². The number of dihydropyridines is 1. The molecule has 0 aromatic heterocycles. The molecule has 174 valence electrons. The third-order valence-electron chi connectivity index (χ3n) is 5.57. The molecule has 0 radical (unpaired) electrons. The minimum Gasteiger partial charge on any atom is -0.353 e. The van der Waals surface area contributed by atoms with Gasteiger partial charge < -0.3 is 10.6 Å². The van der Waals surface area contributed by atoms with Crippen molar-refractivity contribution in [2.45, 2.75) is 12.8 Å². The number of ketones is 1. The van der Waals surface area contributed by atoms with E-state index in [9.17, 15) is 19.2 Å². The Morgan fingerprint density at radius 2 is 1.63 bits per heavy atom. The Balaban J connectivity index is 1.65. The molecule has 1 amide bonds. The van der Waals surface area contributed by atoms with E-state index in [1.54, 1.807) is 19.1 Å². The normalized spacial score (nSPS) is 15.3. The van der Waals surface area contributed by atoms with Crippen molar-refractivity contribution in [3.05, 3.63) is 124 Å². The maximum absolute atomic E-state index is 13.4. The van der Waals surface area contributed by atoms with Crippen LogP contribution in [-0.4, -0.2) is 17.4 Å². The molecular weight excluding hydrogens is 461 g/mol. The number of amides is 1. The van der Waals surface area contributed by atoms with Gasteiger partial charge in [0.25, 0.3) is 5.91 Å². The van der Waals surface area contributed by atoms with E-state index in [4.69, 9.17) is 0 Å². The number of hydrogen-bond acceptors (Lipinski definition) is 5. The lowest BCUT2D eigenvalue weighted by molar-refractivity contribution is -0.113. The Bertz CT molecular complexity index is 1340. The first-order chi connectivity index (χ1) is 17.0. The van der Waals surface area contributed by atoms with Gasteiger partial charge >= 0.3 is 0 Å². The Morgan fingerprint density at radius 3 is 2.26 bits per heavy atom. The first kappa shape index (κ1) is 24.0. The third-order valence-corrected chi connectivity index (χ3v) is 6.59. The van der Waals surface area contributed by atoms with Gasteiger partial charge in [-0.3, -0.25) is 9.59 Å². The van der Waals surface area contributed by atoms with E-state index in [0.717, 1.165) is 5.56 Å². The van der Waals surface area contributed by atoms with Crippen molar-refractivity contribution in [2.24, 2.45) is 0 Å². The number of nitriles is 1. The highest BCUT2D eigenvalue weighted by Crippen LogP contribution is 2.41. The van der Waals surface area contributed by atoms with Crippen LogP contribution in [0.15, 0.2) is 107 Å². The number of rotatable bonds is 7. The summed E-state index contributed by atoms with van der Waals surface area (Å²) in [7, 11) is 0. The topological polar surface area (TPSA) is 82.0 Å². The molecule has 1 aliphatic heterocycles. The Morgan fingerprint density at radius 1 is 1.00 bits per heavy atom. The fourth-order valence-electron chi connectivity index (χ4n) is 3.88. The van der Waals surface area contributed by atoms with E-state index >= 15 is 0 Å². The summed E-state index contributed by atoms with van der Waals surface area (Å²) in [6.45, 7) is 1.78. The molecular formula is C28H22FN3O2S. The van der Waals surface area contributed by atoms with Crippen molar-refractivity contribution in [2.75, 3.05) is 11.1 Å². The number of benzene rings is 3. The molecule has 4 rings (SSSR count). The van der Waals surface area contributed by atoms with Gasteiger partial charge in [-0.1, -0.05) is 60.3 Å². The van der Waals surface area contributed by atoms with Crippen molar-refractivity contribution < 1.29 is 14.0 Å². The predicted octanol–water partition coefficient (Wildman–Crippen LogP) is 5.78. The van der Waals surface area contributed by atoms with E-state index in [0.29, 0.717) is 33.1 Å². The molecule has 5 nitrogen and oxygen atoms in total. The van der Waals surface area contributed by atoms with Gasteiger partial charge in [-0.05, 0) is 48.9 Å². The fourth-order valence-corrected chi connectivity index (χ4v) is 4.87. The lowest BCUT2D eigenvalue weighted by Crippen LogP contribution is -2.31. The van der Waals surface area contributed by atoms with E-state index in [1.807, 2.05) is 48.5 Å². The van der Waals surface area contributed by atoms with Gasteiger partial charge in [0, 0.05) is 22.5 Å². The summed E-state index contributed by atoms with van der Waals surface area (Å²) in [5, 5.41) is 16.8. The third kappa shape index (κ3) is 5.51. The van der Waals surface area contributed by atoms with Gasteiger partial charge in [-0.15, -0.1) is 0 Å². The highest BCUT2D eigenvalue weighted by atomic mass is 32.2. The molecule has 1 heterocycles. The molecule has 0 saturated carbocycles. The Hall–Kier alpha value is -4.15. The molecule has 0 spiro atoms. The smallest absolute Gasteiger partial charge is 0.254 e. The Kier molecular flexibility index (Phi) is 7.44. The van der Waals surface area contributed by atoms with E-state index < -0.39 is 11.7 Å². The lowest BCUT2D eigenvalue weighted by atomic mass is 9.82. The highest BCUT2D eigenvalue weighted by molar-refractivity contribution is 8.03. The maximum Gasteiger partial charge on any atom is 0.254 e. The number of hydrogen-bond donors (Lipinski definition) is 2. The van der Waals surface area contributed by atoms with Crippen LogP contribution in [0, 0.1) is 17.1 Å². The molecule has 0 saturated heterocycles. The largest absolute Gasteiger partial charge is 0.353 e. The number of nitrogens with one attached hydrogen (secondary N) is 2. The summed E-state index contributed by atoms with van der Waals surface area (Å²) in [6.07, 6.45) is 0. The van der Waals surface area contributed by atoms with Crippen LogP contribution in [0.1, 0.15) is 28.8 Å². The number of carbonyl (C=O) groups is 2. The Labute approximate surface area is 207 Å². The summed E-state index contributed by atoms with van der Waals surface area (Å²) in [4.78, 5) is 26.0. The number of Topliss-reactive ketones (excluding diaryl/α,β-unsaturated/α-hetero) is 1. The number of para-hydroxylation sites is 1. The summed E-state index contributed by atoms with van der Waals surface area (Å²) in [5.74, 6) is -1.46. The molecule has 0 fully saturated rings. The SMILES string of the molecule is CC1=C(C(=O)Nc2ccccc2)[C@H](c2ccccc2)C(C#N)=C(SCC(=O)c2ccc(F)cc2)N1. The van der Waals surface area contributed by atoms with E-state index in [1.165, 1.54) is 36.0 Å². The van der Waals surface area contributed by atoms with Crippen molar-refractivity contribution in [1.29, 1.82) is 5.26 Å². The van der Waals surface area contributed by atoms with Gasteiger partial charge in [0.15, 0.2) is 5.78 Å². The minimum absolute atomic E-state index is 0.0550. The average molecular weight is 484 g/mol. The zero-order valence-corrected chi connectivity index (χ0v) is 19.7. The van der Waals surface area contributed by atoms with Crippen LogP contribution >= 0.6 is 11.8 Å². The molecule has 1 atom stereocenters. The second-order valence-electron chi connectivity index (χ2n) is 7.90. The van der Waals surface area contributed by atoms with Gasteiger partial charge in [-0.25, -0.2) is 4.39 Å². The quantitative estimate of drug-likeness (QED) is 0.417. The maximum atomic E-state index is 13.4. The first-order valence-corrected chi connectivity index (χ1v) is 11.9. The van der Waals surface area contributed by atoms with E-state index in [2.05, 4.69) is 16.7 Å². The number of halogens is 1. The van der Waals surface area contributed by atoms with Crippen molar-refractivity contribution in [3.8, 4) is 6.07 Å². The van der Waals surface area contributed by atoms with Crippen LogP contribution in [0.25, 0.3) is 0 Å². The van der Waals surface area contributed by atoms with Crippen molar-refractivity contribution in [3.63, 3.8) is 0 Å². The van der Waals surface area contributed by atoms with Crippen LogP contribution in [0.5, 0.6) is 0 Å². The molecule has 0 bridgehead atoms. The average Bonchev–Trinajstić information content (AvgIpc) is 2.88. The lowest BCUT2D eigenvalue weighted by Gasteiger charge is -2.29. The van der Waals surface area contributed by atoms with Gasteiger partial charge in [0.1, 0.15) is 5.82 Å². The number of allylic oxidation sites excluding steroid dienone is 2. The summed E-state index contributed by atoms with van der Waals surface area (Å²) >= 11 is 1.19. The summed E-state index contributed by atoms with van der Waals surface area (Å²) in [5.41, 5.74) is 3.23. The van der Waals surface area contributed by atoms with Crippen LogP contribution in [0.3, 0.4) is 0 Å². The number of nitrogens with zero attached hydrogens (tertiary/aromatic N) is 1. The monoisotopic (exact) mass is 483 g/mol. The fraction of sp³-hybridized carbons (Fsp3) is 0.107. The van der Waals surface area contributed by atoms with Crippen LogP contribution in [0.4, 0.5) is 10.1 Å². The van der Waals surface area contributed by atoms with Crippen LogP contribution in [-0.2, 0) is 4.79 Å². The van der Waals surface area contributed by atoms with Gasteiger partial charge in [0.2, 0.25) is 0 Å². The minimum atomic E-state index is -0.602. The molecule has 7 heteroatoms. The van der Waals surface area contributed by atoms with Crippen molar-refractivity contribution >= 4 is 29.1 Å². The molecule has 0 unspecified atom stereocenters. The number of anilines is 1. The summed E-state index contributed by atoms with van der Waals surface area (Å²) < 4.78 is 13.2. The van der Waals surface area contributed by atoms with E-state index in [-0.39, 0.29) is 17.4 Å². The molecule has 3 aromatic carbocycles. The predicted molar refractivity (Wildman–Crippen MR) is 136 cm³/mol. The molecule has 1 aliphatic rings. The molecule has 35 heavy (non-hydrogen) atoms. The van der Waals surface area contributed by atoms with Crippen LogP contribution < -0.4 is 10.6 Å². The number of carbonyl (C=O) groups excluding carboxylic acids is 2. The van der Waals surface area contributed by atoms with Gasteiger partial charge in [-0.2, -0.15) is 5.26 Å². The number of thioether (sulfide) groups is 1. The molecule has 3 aromatic rings. The molecule has 2 N–H and O–H groups in total.